The third kappa shape index (κ3) is 4.79. The minimum Gasteiger partial charge on any atom is -0.388 e. The van der Waals surface area contributed by atoms with Gasteiger partial charge in [0.05, 0.1) is 12.2 Å². The highest BCUT2D eigenvalue weighted by atomic mass is 16.3. The SMILES string of the molecule is C=C1[C@H](O)CC(=C/C=C2/CCC[C@]3(C)[C@@H]([C@H](C)CCCNC4CC4)CC[C@@H]23)C[C@H]1O. The number of nitrogens with one attached hydrogen (secondary N) is 1. The predicted molar refractivity (Wildman–Crippen MR) is 124 cm³/mol. The van der Waals surface area contributed by atoms with Crippen LogP contribution in [0, 0.1) is 23.2 Å². The Hall–Kier alpha value is -0.900. The van der Waals surface area contributed by atoms with Gasteiger partial charge in [-0.25, -0.2) is 0 Å². The maximum absolute atomic E-state index is 10.1. The molecule has 3 nitrogen and oxygen atoms in total. The van der Waals surface area contributed by atoms with Crippen molar-refractivity contribution in [1.82, 2.24) is 5.32 Å². The Kier molecular flexibility index (Phi) is 6.91. The first-order valence-electron chi connectivity index (χ1n) is 12.5. The number of rotatable bonds is 7. The average Bonchev–Trinajstić information content (AvgIpc) is 3.47. The van der Waals surface area contributed by atoms with Crippen molar-refractivity contribution < 1.29 is 10.2 Å². The van der Waals surface area contributed by atoms with Crippen molar-refractivity contribution in [1.29, 1.82) is 0 Å². The minimum absolute atomic E-state index is 0.450. The van der Waals surface area contributed by atoms with Crippen molar-refractivity contribution in [3.05, 3.63) is 35.5 Å². The highest BCUT2D eigenvalue weighted by molar-refractivity contribution is 5.29. The molecule has 4 aliphatic rings. The fraction of sp³-hybridized carbons (Fsp3) is 0.778. The molecule has 0 aromatic heterocycles. The molecule has 4 fully saturated rings. The van der Waals surface area contributed by atoms with E-state index in [1.807, 2.05) is 0 Å². The Bertz CT molecular complexity index is 675. The van der Waals surface area contributed by atoms with Gasteiger partial charge < -0.3 is 15.5 Å². The summed E-state index contributed by atoms with van der Waals surface area (Å²) in [6, 6.07) is 0.832. The Labute approximate surface area is 183 Å². The van der Waals surface area contributed by atoms with Gasteiger partial charge in [0, 0.05) is 6.04 Å². The first-order valence-corrected chi connectivity index (χ1v) is 12.5. The lowest BCUT2D eigenvalue weighted by Gasteiger charge is -2.44. The smallest absolute Gasteiger partial charge is 0.0809 e. The van der Waals surface area contributed by atoms with Crippen LogP contribution in [0.25, 0.3) is 0 Å². The zero-order chi connectivity index (χ0) is 21.3. The van der Waals surface area contributed by atoms with E-state index in [2.05, 4.69) is 37.9 Å². The molecule has 0 aromatic rings. The van der Waals surface area contributed by atoms with E-state index in [-0.39, 0.29) is 0 Å². The highest BCUT2D eigenvalue weighted by Gasteiger charge is 2.50. The maximum Gasteiger partial charge on any atom is 0.0809 e. The molecule has 3 N–H and O–H groups in total. The molecule has 0 spiro atoms. The summed E-state index contributed by atoms with van der Waals surface area (Å²) in [6.45, 7) is 10.1. The summed E-state index contributed by atoms with van der Waals surface area (Å²) in [4.78, 5) is 0. The second kappa shape index (κ2) is 9.30. The van der Waals surface area contributed by atoms with Crippen LogP contribution in [-0.2, 0) is 0 Å². The van der Waals surface area contributed by atoms with Gasteiger partial charge in [-0.2, -0.15) is 0 Å². The van der Waals surface area contributed by atoms with Crippen molar-refractivity contribution in [2.24, 2.45) is 23.2 Å². The first-order chi connectivity index (χ1) is 14.4. The van der Waals surface area contributed by atoms with Crippen molar-refractivity contribution >= 4 is 0 Å². The highest BCUT2D eigenvalue weighted by Crippen LogP contribution is 2.59. The van der Waals surface area contributed by atoms with Crippen molar-refractivity contribution in [3.8, 4) is 0 Å². The molecule has 0 radical (unpaired) electrons. The molecule has 4 saturated carbocycles. The fourth-order valence-corrected chi connectivity index (χ4v) is 6.86. The topological polar surface area (TPSA) is 52.5 Å². The van der Waals surface area contributed by atoms with E-state index >= 15 is 0 Å². The Morgan fingerprint density at radius 3 is 2.57 bits per heavy atom. The third-order valence-corrected chi connectivity index (χ3v) is 8.87. The van der Waals surface area contributed by atoms with Crippen LogP contribution in [0.5, 0.6) is 0 Å². The van der Waals surface area contributed by atoms with Crippen LogP contribution in [0.15, 0.2) is 35.5 Å². The van der Waals surface area contributed by atoms with Crippen LogP contribution in [0.3, 0.4) is 0 Å². The van der Waals surface area contributed by atoms with E-state index in [9.17, 15) is 10.2 Å². The minimum atomic E-state index is -0.596. The van der Waals surface area contributed by atoms with Crippen LogP contribution < -0.4 is 5.32 Å². The van der Waals surface area contributed by atoms with Crippen molar-refractivity contribution in [3.63, 3.8) is 0 Å². The second-order valence-electron chi connectivity index (χ2n) is 11.0. The molecule has 168 valence electrons. The van der Waals surface area contributed by atoms with Crippen molar-refractivity contribution in [2.45, 2.75) is 103 Å². The van der Waals surface area contributed by atoms with E-state index < -0.39 is 12.2 Å². The Balaban J connectivity index is 1.38. The van der Waals surface area contributed by atoms with Crippen LogP contribution in [0.2, 0.25) is 0 Å². The molecule has 0 aromatic carbocycles. The lowest BCUT2D eigenvalue weighted by molar-refractivity contribution is 0.0934. The fourth-order valence-electron chi connectivity index (χ4n) is 6.86. The quantitative estimate of drug-likeness (QED) is 0.392. The van der Waals surface area contributed by atoms with Gasteiger partial charge in [-0.3, -0.25) is 0 Å². The largest absolute Gasteiger partial charge is 0.388 e. The summed E-state index contributed by atoms with van der Waals surface area (Å²) in [7, 11) is 0. The molecular weight excluding hydrogens is 370 g/mol. The second-order valence-corrected chi connectivity index (χ2v) is 11.0. The van der Waals surface area contributed by atoms with Crippen LogP contribution in [0.1, 0.15) is 84.5 Å². The summed E-state index contributed by atoms with van der Waals surface area (Å²) >= 11 is 0. The van der Waals surface area contributed by atoms with E-state index in [0.717, 1.165) is 23.5 Å². The monoisotopic (exact) mass is 413 g/mol. The van der Waals surface area contributed by atoms with E-state index in [1.54, 1.807) is 5.57 Å². The average molecular weight is 414 g/mol. The molecule has 4 rings (SSSR count). The standard InChI is InChI=1S/C27H43NO2/c1-18(6-5-15-28-22-10-11-22)23-12-13-24-21(7-4-14-27(23,24)3)9-8-20-16-25(29)19(2)26(30)17-20/h8-9,18,22-26,28-30H,2,4-7,10-17H2,1,3H3/b21-9-/t18-,23-,24+,25-,26-,27-/m1/s1. The number of fused-ring (bicyclic) bond motifs is 1. The molecular formula is C27H43NO2. The zero-order valence-corrected chi connectivity index (χ0v) is 19.2. The Morgan fingerprint density at radius 1 is 1.13 bits per heavy atom. The molecule has 30 heavy (non-hydrogen) atoms. The molecule has 0 bridgehead atoms. The van der Waals surface area contributed by atoms with Gasteiger partial charge >= 0.3 is 0 Å². The summed E-state index contributed by atoms with van der Waals surface area (Å²) in [6.07, 6.45) is 16.7. The summed E-state index contributed by atoms with van der Waals surface area (Å²) in [5.74, 6) is 2.38. The normalized spacial score (nSPS) is 39.3. The van der Waals surface area contributed by atoms with Gasteiger partial charge in [-0.15, -0.1) is 0 Å². The van der Waals surface area contributed by atoms with E-state index in [1.165, 1.54) is 64.3 Å². The molecule has 3 heteroatoms. The Morgan fingerprint density at radius 2 is 1.87 bits per heavy atom. The molecule has 4 aliphatic carbocycles. The number of aliphatic hydroxyl groups is 2. The zero-order valence-electron chi connectivity index (χ0n) is 19.2. The van der Waals surface area contributed by atoms with Gasteiger partial charge in [0.25, 0.3) is 0 Å². The van der Waals surface area contributed by atoms with Gasteiger partial charge in [-0.05, 0) is 106 Å². The molecule has 0 saturated heterocycles. The van der Waals surface area contributed by atoms with E-state index in [4.69, 9.17) is 0 Å². The molecule has 0 aliphatic heterocycles. The third-order valence-electron chi connectivity index (χ3n) is 8.87. The summed E-state index contributed by atoms with van der Waals surface area (Å²) < 4.78 is 0. The first kappa shape index (κ1) is 22.3. The van der Waals surface area contributed by atoms with Crippen LogP contribution in [-0.4, -0.2) is 35.0 Å². The number of hydrogen-bond acceptors (Lipinski definition) is 3. The number of allylic oxidation sites excluding steroid dienone is 3. The van der Waals surface area contributed by atoms with Gasteiger partial charge in [-0.1, -0.05) is 43.7 Å². The summed E-state index contributed by atoms with van der Waals surface area (Å²) in [5.41, 5.74) is 3.80. The lowest BCUT2D eigenvalue weighted by atomic mass is 9.60. The van der Waals surface area contributed by atoms with Gasteiger partial charge in [0.15, 0.2) is 0 Å². The summed E-state index contributed by atoms with van der Waals surface area (Å²) in [5, 5.41) is 24.0. The predicted octanol–water partition coefficient (Wildman–Crippen LogP) is 5.30. The van der Waals surface area contributed by atoms with Gasteiger partial charge in [0.2, 0.25) is 0 Å². The molecule has 0 heterocycles. The number of aliphatic hydroxyl groups excluding tert-OH is 2. The van der Waals surface area contributed by atoms with Crippen LogP contribution >= 0.6 is 0 Å². The van der Waals surface area contributed by atoms with Gasteiger partial charge in [0.1, 0.15) is 0 Å². The van der Waals surface area contributed by atoms with E-state index in [0.29, 0.717) is 29.7 Å². The lowest BCUT2D eigenvalue weighted by Crippen LogP contribution is -2.36. The molecule has 0 amide bonds. The maximum atomic E-state index is 10.1. The van der Waals surface area contributed by atoms with Crippen LogP contribution in [0.4, 0.5) is 0 Å². The van der Waals surface area contributed by atoms with Crippen molar-refractivity contribution in [2.75, 3.05) is 6.54 Å². The molecule has 0 unspecified atom stereocenters. The molecule has 6 atom stereocenters. The number of hydrogen-bond donors (Lipinski definition) is 3.